The van der Waals surface area contributed by atoms with Crippen LogP contribution in [0.5, 0.6) is 0 Å². The largest absolute Gasteiger partial charge is 0.295 e. The van der Waals surface area contributed by atoms with Crippen molar-refractivity contribution < 1.29 is 10.0 Å². The number of hydroxylamine groups is 1. The molecule has 6 heteroatoms. The number of benzene rings is 2. The summed E-state index contributed by atoms with van der Waals surface area (Å²) in [6.07, 6.45) is 0.946. The Balaban J connectivity index is 2.00. The second-order valence-electron chi connectivity index (χ2n) is 5.60. The van der Waals surface area contributed by atoms with Gasteiger partial charge in [-0.1, -0.05) is 47.5 Å². The lowest BCUT2D eigenvalue weighted by Gasteiger charge is -2.22. The second-order valence-corrected chi connectivity index (χ2v) is 6.47. The summed E-state index contributed by atoms with van der Waals surface area (Å²) in [5.41, 5.74) is 3.97. The van der Waals surface area contributed by atoms with Gasteiger partial charge in [-0.3, -0.25) is 14.9 Å². The Morgan fingerprint density at radius 2 is 1.38 bits per heavy atom. The first-order valence-electron chi connectivity index (χ1n) is 7.71. The summed E-state index contributed by atoms with van der Waals surface area (Å²) < 4.78 is 0. The molecule has 2 rings (SSSR count). The van der Waals surface area contributed by atoms with E-state index in [2.05, 4.69) is 4.90 Å². The van der Waals surface area contributed by atoms with Crippen molar-refractivity contribution in [3.05, 3.63) is 69.7 Å². The lowest BCUT2D eigenvalue weighted by molar-refractivity contribution is -0.129. The van der Waals surface area contributed by atoms with Gasteiger partial charge in [0.25, 0.3) is 0 Å². The van der Waals surface area contributed by atoms with Gasteiger partial charge in [0.1, 0.15) is 0 Å². The van der Waals surface area contributed by atoms with Gasteiger partial charge in [-0.15, -0.1) is 0 Å². The third kappa shape index (κ3) is 6.49. The van der Waals surface area contributed by atoms with Crippen molar-refractivity contribution in [2.45, 2.75) is 25.9 Å². The summed E-state index contributed by atoms with van der Waals surface area (Å²) in [4.78, 5) is 13.4. The van der Waals surface area contributed by atoms with Gasteiger partial charge in [-0.2, -0.15) is 0 Å². The molecule has 2 aromatic carbocycles. The molecule has 0 saturated heterocycles. The van der Waals surface area contributed by atoms with Gasteiger partial charge in [0, 0.05) is 29.6 Å². The highest BCUT2D eigenvalue weighted by Crippen LogP contribution is 2.16. The van der Waals surface area contributed by atoms with Crippen molar-refractivity contribution in [2.75, 3.05) is 6.54 Å². The molecule has 0 heterocycles. The monoisotopic (exact) mass is 366 g/mol. The van der Waals surface area contributed by atoms with Crippen LogP contribution in [0.3, 0.4) is 0 Å². The third-order valence-corrected chi connectivity index (χ3v) is 4.15. The van der Waals surface area contributed by atoms with E-state index < -0.39 is 0 Å². The molecule has 2 aromatic rings. The summed E-state index contributed by atoms with van der Waals surface area (Å²) in [7, 11) is 0. The molecule has 2 N–H and O–H groups in total. The fourth-order valence-corrected chi connectivity index (χ4v) is 2.68. The van der Waals surface area contributed by atoms with E-state index in [1.807, 2.05) is 48.5 Å². The molecular weight excluding hydrogens is 347 g/mol. The second kappa shape index (κ2) is 9.64. The summed E-state index contributed by atoms with van der Waals surface area (Å²) in [5.74, 6) is -0.368. The van der Waals surface area contributed by atoms with Crippen LogP contribution >= 0.6 is 23.2 Å². The van der Waals surface area contributed by atoms with E-state index in [0.717, 1.165) is 30.8 Å². The minimum absolute atomic E-state index is 0.286. The van der Waals surface area contributed by atoms with Crippen molar-refractivity contribution in [3.8, 4) is 0 Å². The first-order chi connectivity index (χ1) is 11.6. The molecule has 4 nitrogen and oxygen atoms in total. The minimum Gasteiger partial charge on any atom is -0.295 e. The fraction of sp³-hybridized carbons (Fsp3) is 0.278. The van der Waals surface area contributed by atoms with Crippen LogP contribution in [0.1, 0.15) is 24.0 Å². The molecule has 0 saturated carbocycles. The molecule has 1 amide bonds. The van der Waals surface area contributed by atoms with Crippen LogP contribution in [-0.4, -0.2) is 22.6 Å². The van der Waals surface area contributed by atoms with Crippen LogP contribution in [0.2, 0.25) is 10.0 Å². The van der Waals surface area contributed by atoms with Gasteiger partial charge < -0.3 is 0 Å². The highest BCUT2D eigenvalue weighted by Gasteiger charge is 2.09. The molecule has 0 bridgehead atoms. The number of hydrogen-bond donors (Lipinski definition) is 2. The quantitative estimate of drug-likeness (QED) is 0.541. The van der Waals surface area contributed by atoms with Gasteiger partial charge in [0.15, 0.2) is 0 Å². The first kappa shape index (κ1) is 18.7. The summed E-state index contributed by atoms with van der Waals surface area (Å²) in [6.45, 7) is 2.24. The zero-order chi connectivity index (χ0) is 17.4. The Hall–Kier alpha value is -1.59. The predicted molar refractivity (Wildman–Crippen MR) is 96.2 cm³/mol. The van der Waals surface area contributed by atoms with E-state index in [0.29, 0.717) is 16.5 Å². The molecule has 0 aliphatic carbocycles. The van der Waals surface area contributed by atoms with E-state index in [1.54, 1.807) is 5.48 Å². The number of nitrogens with zero attached hydrogens (tertiary/aromatic N) is 1. The molecule has 0 radical (unpaired) electrons. The van der Waals surface area contributed by atoms with Crippen molar-refractivity contribution in [2.24, 2.45) is 0 Å². The fourth-order valence-electron chi connectivity index (χ4n) is 2.43. The standard InChI is InChI=1S/C18H20Cl2N2O2/c19-16-7-3-14(4-8-16)12-22(11-1-2-18(23)21-24)13-15-5-9-17(20)10-6-15/h3-10,24H,1-2,11-13H2,(H,21,23). The molecule has 0 fully saturated rings. The van der Waals surface area contributed by atoms with Crippen LogP contribution in [0.4, 0.5) is 0 Å². The zero-order valence-electron chi connectivity index (χ0n) is 13.2. The SMILES string of the molecule is O=C(CCCN(Cc1ccc(Cl)cc1)Cc1ccc(Cl)cc1)NO. The molecule has 0 aromatic heterocycles. The number of rotatable bonds is 8. The van der Waals surface area contributed by atoms with Crippen LogP contribution in [0, 0.1) is 0 Å². The number of carbonyl (C=O) groups excluding carboxylic acids is 1. The van der Waals surface area contributed by atoms with E-state index >= 15 is 0 Å². The van der Waals surface area contributed by atoms with Crippen molar-refractivity contribution >= 4 is 29.1 Å². The minimum atomic E-state index is -0.368. The van der Waals surface area contributed by atoms with Crippen molar-refractivity contribution in [3.63, 3.8) is 0 Å². The zero-order valence-corrected chi connectivity index (χ0v) is 14.7. The number of amides is 1. The number of halogens is 2. The van der Waals surface area contributed by atoms with Gasteiger partial charge in [-0.05, 0) is 48.4 Å². The topological polar surface area (TPSA) is 52.6 Å². The molecule has 128 valence electrons. The number of nitrogens with one attached hydrogen (secondary N) is 1. The van der Waals surface area contributed by atoms with Gasteiger partial charge in [0.2, 0.25) is 5.91 Å². The van der Waals surface area contributed by atoms with Crippen LogP contribution in [-0.2, 0) is 17.9 Å². The summed E-state index contributed by atoms with van der Waals surface area (Å²) >= 11 is 11.9. The Morgan fingerprint density at radius 1 is 0.917 bits per heavy atom. The maximum Gasteiger partial charge on any atom is 0.243 e. The van der Waals surface area contributed by atoms with E-state index in [4.69, 9.17) is 28.4 Å². The molecular formula is C18H20Cl2N2O2. The normalized spacial score (nSPS) is 10.8. The maximum atomic E-state index is 11.2. The lowest BCUT2D eigenvalue weighted by atomic mass is 10.1. The Bertz CT molecular complexity index is 598. The van der Waals surface area contributed by atoms with E-state index in [9.17, 15) is 4.79 Å². The van der Waals surface area contributed by atoms with Crippen LogP contribution in [0.15, 0.2) is 48.5 Å². The number of hydrogen-bond acceptors (Lipinski definition) is 3. The molecule has 0 aliphatic rings. The van der Waals surface area contributed by atoms with Crippen LogP contribution < -0.4 is 5.48 Å². The lowest BCUT2D eigenvalue weighted by Crippen LogP contribution is -2.26. The smallest absolute Gasteiger partial charge is 0.243 e. The average Bonchev–Trinajstić information content (AvgIpc) is 2.58. The van der Waals surface area contributed by atoms with Gasteiger partial charge >= 0.3 is 0 Å². The number of carbonyl (C=O) groups is 1. The van der Waals surface area contributed by atoms with Crippen molar-refractivity contribution in [1.82, 2.24) is 10.4 Å². The maximum absolute atomic E-state index is 11.2. The summed E-state index contributed by atoms with van der Waals surface area (Å²) in [5, 5.41) is 10.0. The first-order valence-corrected chi connectivity index (χ1v) is 8.46. The van der Waals surface area contributed by atoms with Gasteiger partial charge in [0.05, 0.1) is 0 Å². The third-order valence-electron chi connectivity index (χ3n) is 3.64. The van der Waals surface area contributed by atoms with E-state index in [1.165, 1.54) is 0 Å². The molecule has 0 unspecified atom stereocenters. The van der Waals surface area contributed by atoms with Gasteiger partial charge in [-0.25, -0.2) is 5.48 Å². The predicted octanol–water partition coefficient (Wildman–Crippen LogP) is 4.28. The molecule has 0 aliphatic heterocycles. The molecule has 0 spiro atoms. The van der Waals surface area contributed by atoms with Crippen LogP contribution in [0.25, 0.3) is 0 Å². The average molecular weight is 367 g/mol. The van der Waals surface area contributed by atoms with Crippen molar-refractivity contribution in [1.29, 1.82) is 0 Å². The molecule has 24 heavy (non-hydrogen) atoms. The summed E-state index contributed by atoms with van der Waals surface area (Å²) in [6, 6.07) is 15.5. The Kier molecular flexibility index (Phi) is 7.53. The Morgan fingerprint density at radius 3 is 1.79 bits per heavy atom. The molecule has 0 atom stereocenters. The van der Waals surface area contributed by atoms with E-state index in [-0.39, 0.29) is 12.3 Å². The highest BCUT2D eigenvalue weighted by molar-refractivity contribution is 6.30. The Labute approximate surface area is 152 Å². The highest BCUT2D eigenvalue weighted by atomic mass is 35.5.